The standard InChI is InChI=1S/C22H24N2O2S/c1-2-26-20-9-7-18(8-10-20)15-22(25)24(13-11-21-6-4-14-27-21)17-19-5-3-12-23-16-19/h3-10,12,14,16H,2,11,13,15,17H2,1H3. The fraction of sp³-hybridized carbons (Fsp3) is 0.273. The van der Waals surface area contributed by atoms with Gasteiger partial charge in [-0.15, -0.1) is 11.3 Å². The Hall–Kier alpha value is -2.66. The van der Waals surface area contributed by atoms with Crippen LogP contribution in [0.4, 0.5) is 0 Å². The van der Waals surface area contributed by atoms with Crippen molar-refractivity contribution in [2.45, 2.75) is 26.3 Å². The molecular weight excluding hydrogens is 356 g/mol. The Morgan fingerprint density at radius 2 is 1.96 bits per heavy atom. The van der Waals surface area contributed by atoms with Gasteiger partial charge in [-0.1, -0.05) is 24.3 Å². The van der Waals surface area contributed by atoms with Crippen LogP contribution in [0.2, 0.25) is 0 Å². The fourth-order valence-electron chi connectivity index (χ4n) is 2.86. The van der Waals surface area contributed by atoms with Crippen molar-refractivity contribution < 1.29 is 9.53 Å². The van der Waals surface area contributed by atoms with Crippen LogP contribution in [0.3, 0.4) is 0 Å². The molecule has 0 fully saturated rings. The highest BCUT2D eigenvalue weighted by molar-refractivity contribution is 7.09. The average Bonchev–Trinajstić information content (AvgIpc) is 3.21. The second-order valence-electron chi connectivity index (χ2n) is 6.26. The van der Waals surface area contributed by atoms with Crippen molar-refractivity contribution in [2.75, 3.05) is 13.2 Å². The first-order chi connectivity index (χ1) is 13.2. The summed E-state index contributed by atoms with van der Waals surface area (Å²) in [4.78, 5) is 20.3. The number of nitrogens with zero attached hydrogens (tertiary/aromatic N) is 2. The number of rotatable bonds is 9. The lowest BCUT2D eigenvalue weighted by Gasteiger charge is -2.23. The molecule has 0 aliphatic rings. The summed E-state index contributed by atoms with van der Waals surface area (Å²) < 4.78 is 5.47. The Morgan fingerprint density at radius 3 is 2.63 bits per heavy atom. The number of hydrogen-bond donors (Lipinski definition) is 0. The molecule has 0 aliphatic heterocycles. The van der Waals surface area contributed by atoms with E-state index in [0.717, 1.165) is 23.3 Å². The third-order valence-corrected chi connectivity index (χ3v) is 5.18. The van der Waals surface area contributed by atoms with E-state index >= 15 is 0 Å². The summed E-state index contributed by atoms with van der Waals surface area (Å²) in [6, 6.07) is 15.8. The predicted molar refractivity (Wildman–Crippen MR) is 109 cm³/mol. The number of aromatic nitrogens is 1. The molecule has 0 radical (unpaired) electrons. The van der Waals surface area contributed by atoms with E-state index in [1.165, 1.54) is 4.88 Å². The van der Waals surface area contributed by atoms with Crippen LogP contribution in [0.5, 0.6) is 5.75 Å². The van der Waals surface area contributed by atoms with E-state index in [2.05, 4.69) is 16.4 Å². The van der Waals surface area contributed by atoms with E-state index in [9.17, 15) is 4.79 Å². The van der Waals surface area contributed by atoms with Crippen LogP contribution in [0.1, 0.15) is 22.9 Å². The third-order valence-electron chi connectivity index (χ3n) is 4.25. The van der Waals surface area contributed by atoms with Crippen molar-refractivity contribution in [2.24, 2.45) is 0 Å². The highest BCUT2D eigenvalue weighted by atomic mass is 32.1. The summed E-state index contributed by atoms with van der Waals surface area (Å²) in [5, 5.41) is 2.07. The number of ether oxygens (including phenoxy) is 1. The molecule has 0 atom stereocenters. The normalized spacial score (nSPS) is 10.6. The molecule has 0 unspecified atom stereocenters. The lowest BCUT2D eigenvalue weighted by molar-refractivity contribution is -0.131. The molecule has 4 nitrogen and oxygen atoms in total. The van der Waals surface area contributed by atoms with Crippen molar-refractivity contribution in [3.8, 4) is 5.75 Å². The number of carbonyl (C=O) groups excluding carboxylic acids is 1. The van der Waals surface area contributed by atoms with E-state index in [1.807, 2.05) is 60.5 Å². The molecule has 27 heavy (non-hydrogen) atoms. The molecule has 3 rings (SSSR count). The highest BCUT2D eigenvalue weighted by Crippen LogP contribution is 2.15. The Morgan fingerprint density at radius 1 is 1.11 bits per heavy atom. The van der Waals surface area contributed by atoms with Gasteiger partial charge in [-0.2, -0.15) is 0 Å². The Bertz CT molecular complexity index is 817. The molecule has 140 valence electrons. The number of pyridine rings is 1. The van der Waals surface area contributed by atoms with Crippen LogP contribution in [-0.4, -0.2) is 28.9 Å². The van der Waals surface area contributed by atoms with Gasteiger partial charge in [-0.25, -0.2) is 0 Å². The van der Waals surface area contributed by atoms with Crippen LogP contribution in [0.15, 0.2) is 66.3 Å². The first-order valence-electron chi connectivity index (χ1n) is 9.15. The minimum absolute atomic E-state index is 0.125. The Kier molecular flexibility index (Phi) is 6.99. The number of hydrogen-bond acceptors (Lipinski definition) is 4. The minimum atomic E-state index is 0.125. The van der Waals surface area contributed by atoms with Gasteiger partial charge in [0.2, 0.25) is 5.91 Å². The van der Waals surface area contributed by atoms with Gasteiger partial charge in [-0.3, -0.25) is 9.78 Å². The van der Waals surface area contributed by atoms with E-state index in [4.69, 9.17) is 4.74 Å². The highest BCUT2D eigenvalue weighted by Gasteiger charge is 2.15. The molecule has 0 aliphatic carbocycles. The van der Waals surface area contributed by atoms with Crippen LogP contribution in [0, 0.1) is 0 Å². The molecule has 0 saturated carbocycles. The smallest absolute Gasteiger partial charge is 0.227 e. The van der Waals surface area contributed by atoms with Crippen molar-refractivity contribution in [1.82, 2.24) is 9.88 Å². The van der Waals surface area contributed by atoms with Crippen LogP contribution in [-0.2, 0) is 24.2 Å². The predicted octanol–water partition coefficient (Wildman–Crippen LogP) is 4.36. The van der Waals surface area contributed by atoms with Gasteiger partial charge in [0.1, 0.15) is 5.75 Å². The van der Waals surface area contributed by atoms with Crippen molar-refractivity contribution >= 4 is 17.2 Å². The lowest BCUT2D eigenvalue weighted by atomic mass is 10.1. The van der Waals surface area contributed by atoms with Crippen LogP contribution >= 0.6 is 11.3 Å². The maximum atomic E-state index is 13.0. The average molecular weight is 381 g/mol. The van der Waals surface area contributed by atoms with Gasteiger partial charge in [-0.05, 0) is 54.1 Å². The molecule has 2 aromatic heterocycles. The summed E-state index contributed by atoms with van der Waals surface area (Å²) in [5.41, 5.74) is 2.04. The summed E-state index contributed by atoms with van der Waals surface area (Å²) in [7, 11) is 0. The first kappa shape index (κ1) is 19.1. The zero-order chi connectivity index (χ0) is 18.9. The number of benzene rings is 1. The van der Waals surface area contributed by atoms with Crippen LogP contribution in [0.25, 0.3) is 0 Å². The molecule has 0 N–H and O–H groups in total. The molecule has 3 aromatic rings. The fourth-order valence-corrected chi connectivity index (χ4v) is 3.56. The zero-order valence-corrected chi connectivity index (χ0v) is 16.3. The summed E-state index contributed by atoms with van der Waals surface area (Å²) in [6.45, 7) is 3.88. The van der Waals surface area contributed by atoms with E-state index in [0.29, 0.717) is 26.1 Å². The first-order valence-corrected chi connectivity index (χ1v) is 10.0. The van der Waals surface area contributed by atoms with Gasteiger partial charge in [0, 0.05) is 30.4 Å². The number of amides is 1. The summed E-state index contributed by atoms with van der Waals surface area (Å²) in [6.07, 6.45) is 4.83. The largest absolute Gasteiger partial charge is 0.494 e. The van der Waals surface area contributed by atoms with Crippen LogP contribution < -0.4 is 4.74 Å². The molecule has 0 saturated heterocycles. The molecule has 1 amide bonds. The maximum Gasteiger partial charge on any atom is 0.227 e. The quantitative estimate of drug-likeness (QED) is 0.554. The zero-order valence-electron chi connectivity index (χ0n) is 15.5. The third kappa shape index (κ3) is 5.93. The second-order valence-corrected chi connectivity index (χ2v) is 7.29. The SMILES string of the molecule is CCOc1ccc(CC(=O)N(CCc2cccs2)Cc2cccnc2)cc1. The molecular formula is C22H24N2O2S. The lowest BCUT2D eigenvalue weighted by Crippen LogP contribution is -2.33. The van der Waals surface area contributed by atoms with E-state index in [-0.39, 0.29) is 5.91 Å². The summed E-state index contributed by atoms with van der Waals surface area (Å²) >= 11 is 1.73. The van der Waals surface area contributed by atoms with Gasteiger partial charge in [0.15, 0.2) is 0 Å². The molecule has 2 heterocycles. The van der Waals surface area contributed by atoms with Gasteiger partial charge in [0.25, 0.3) is 0 Å². The van der Waals surface area contributed by atoms with Gasteiger partial charge >= 0.3 is 0 Å². The van der Waals surface area contributed by atoms with Crippen molar-refractivity contribution in [3.05, 3.63) is 82.3 Å². The molecule has 1 aromatic carbocycles. The minimum Gasteiger partial charge on any atom is -0.494 e. The maximum absolute atomic E-state index is 13.0. The number of thiophene rings is 1. The second kappa shape index (κ2) is 9.88. The summed E-state index contributed by atoms with van der Waals surface area (Å²) in [5.74, 6) is 0.957. The Labute approximate surface area is 164 Å². The Balaban J connectivity index is 1.66. The van der Waals surface area contributed by atoms with Gasteiger partial charge in [0.05, 0.1) is 13.0 Å². The molecule has 5 heteroatoms. The monoisotopic (exact) mass is 380 g/mol. The molecule has 0 spiro atoms. The van der Waals surface area contributed by atoms with E-state index in [1.54, 1.807) is 17.5 Å². The topological polar surface area (TPSA) is 42.4 Å². The van der Waals surface area contributed by atoms with E-state index < -0.39 is 0 Å². The van der Waals surface area contributed by atoms with Gasteiger partial charge < -0.3 is 9.64 Å². The van der Waals surface area contributed by atoms with Crippen molar-refractivity contribution in [3.63, 3.8) is 0 Å². The number of carbonyl (C=O) groups is 1. The molecule has 0 bridgehead atoms. The van der Waals surface area contributed by atoms with Crippen molar-refractivity contribution in [1.29, 1.82) is 0 Å².